The number of aldehydes is 1. The van der Waals surface area contributed by atoms with E-state index in [1.54, 1.807) is 30.3 Å². The van der Waals surface area contributed by atoms with Crippen LogP contribution in [0.5, 0.6) is 5.75 Å². The fraction of sp³-hybridized carbons (Fsp3) is 0. The molecule has 1 saturated heterocycles. The molecule has 1 heterocycles. The van der Waals surface area contributed by atoms with Crippen molar-refractivity contribution in [3.05, 3.63) is 64.1 Å². The van der Waals surface area contributed by atoms with E-state index in [9.17, 15) is 19.5 Å². The molecular weight excluding hydrogens is 374 g/mol. The third kappa shape index (κ3) is 3.37. The second-order valence-corrected chi connectivity index (χ2v) is 6.98. The number of aromatic carboxylic acids is 1. The number of amides is 1. The maximum Gasteiger partial charge on any atom is 0.339 e. The zero-order valence-corrected chi connectivity index (χ0v) is 14.7. The lowest BCUT2D eigenvalue weighted by molar-refractivity contribution is -0.113. The Morgan fingerprint density at radius 3 is 2.35 bits per heavy atom. The van der Waals surface area contributed by atoms with Crippen molar-refractivity contribution in [1.29, 1.82) is 0 Å². The number of carbonyl (C=O) groups excluding carboxylic acids is 2. The topological polar surface area (TPSA) is 94.9 Å². The van der Waals surface area contributed by atoms with Crippen LogP contribution in [0.2, 0.25) is 0 Å². The number of thiocarbonyl (C=S) groups is 1. The summed E-state index contributed by atoms with van der Waals surface area (Å²) in [5.41, 5.74) is 1.29. The van der Waals surface area contributed by atoms with Gasteiger partial charge in [0, 0.05) is 11.6 Å². The average Bonchev–Trinajstić information content (AvgIpc) is 2.88. The van der Waals surface area contributed by atoms with E-state index >= 15 is 0 Å². The maximum absolute atomic E-state index is 12.7. The van der Waals surface area contributed by atoms with Gasteiger partial charge in [-0.05, 0) is 23.8 Å². The van der Waals surface area contributed by atoms with Crippen molar-refractivity contribution in [2.75, 3.05) is 4.90 Å². The molecule has 0 aliphatic carbocycles. The summed E-state index contributed by atoms with van der Waals surface area (Å²) in [5.74, 6) is -2.09. The largest absolute Gasteiger partial charge is 0.507 e. The minimum absolute atomic E-state index is 0.259. The van der Waals surface area contributed by atoms with Crippen LogP contribution >= 0.6 is 24.0 Å². The van der Waals surface area contributed by atoms with Crippen LogP contribution in [-0.2, 0) is 4.79 Å². The number of carbonyl (C=O) groups is 3. The number of thioether (sulfide) groups is 1. The number of anilines is 1. The van der Waals surface area contributed by atoms with Gasteiger partial charge in [-0.25, -0.2) is 4.79 Å². The number of hydrogen-bond donors (Lipinski definition) is 2. The molecule has 8 heteroatoms. The van der Waals surface area contributed by atoms with E-state index < -0.39 is 11.7 Å². The van der Waals surface area contributed by atoms with Crippen LogP contribution in [0.4, 0.5) is 5.69 Å². The zero-order valence-electron chi connectivity index (χ0n) is 13.1. The normalized spacial score (nSPS) is 15.5. The van der Waals surface area contributed by atoms with Crippen molar-refractivity contribution in [3.8, 4) is 5.75 Å². The van der Waals surface area contributed by atoms with E-state index in [1.807, 2.05) is 0 Å². The Balaban J connectivity index is 1.91. The molecule has 1 aliphatic heterocycles. The molecule has 3 rings (SSSR count). The highest BCUT2D eigenvalue weighted by Crippen LogP contribution is 2.37. The first kappa shape index (κ1) is 17.8. The van der Waals surface area contributed by atoms with Gasteiger partial charge in [-0.2, -0.15) is 0 Å². The molecule has 1 fully saturated rings. The second kappa shape index (κ2) is 7.11. The maximum atomic E-state index is 12.7. The first-order valence-electron chi connectivity index (χ1n) is 7.30. The zero-order chi connectivity index (χ0) is 18.8. The van der Waals surface area contributed by atoms with Crippen molar-refractivity contribution in [1.82, 2.24) is 0 Å². The van der Waals surface area contributed by atoms with Crippen LogP contribution in [0, 0.1) is 0 Å². The molecule has 130 valence electrons. The van der Waals surface area contributed by atoms with Gasteiger partial charge in [0.25, 0.3) is 5.91 Å². The summed E-state index contributed by atoms with van der Waals surface area (Å²) in [5, 5.41) is 18.8. The molecule has 26 heavy (non-hydrogen) atoms. The number of benzene rings is 2. The van der Waals surface area contributed by atoms with Gasteiger partial charge in [-0.15, -0.1) is 0 Å². The molecule has 0 bridgehead atoms. The monoisotopic (exact) mass is 385 g/mol. The summed E-state index contributed by atoms with van der Waals surface area (Å²) in [7, 11) is 0. The molecule has 0 spiro atoms. The average molecular weight is 385 g/mol. The fourth-order valence-corrected chi connectivity index (χ4v) is 3.65. The van der Waals surface area contributed by atoms with E-state index in [0.717, 1.165) is 23.6 Å². The van der Waals surface area contributed by atoms with Gasteiger partial charge in [-0.1, -0.05) is 48.2 Å². The quantitative estimate of drug-likeness (QED) is 0.474. The lowest BCUT2D eigenvalue weighted by Gasteiger charge is -2.15. The van der Waals surface area contributed by atoms with Crippen molar-refractivity contribution >= 4 is 58.2 Å². The lowest BCUT2D eigenvalue weighted by atomic mass is 10.1. The highest BCUT2D eigenvalue weighted by Gasteiger charge is 2.33. The molecule has 6 nitrogen and oxygen atoms in total. The molecule has 0 saturated carbocycles. The van der Waals surface area contributed by atoms with Crippen molar-refractivity contribution < 1.29 is 24.6 Å². The molecule has 0 radical (unpaired) electrons. The van der Waals surface area contributed by atoms with Crippen molar-refractivity contribution in [2.45, 2.75) is 0 Å². The number of aromatic hydroxyl groups is 1. The van der Waals surface area contributed by atoms with Crippen molar-refractivity contribution in [3.63, 3.8) is 0 Å². The molecular formula is C18H11NO5S2. The number of hydrogen-bond acceptors (Lipinski definition) is 6. The second-order valence-electron chi connectivity index (χ2n) is 5.31. The number of rotatable bonds is 4. The summed E-state index contributed by atoms with van der Waals surface area (Å²) in [4.78, 5) is 36.0. The summed E-state index contributed by atoms with van der Waals surface area (Å²) in [6, 6.07) is 10.5. The Morgan fingerprint density at radius 2 is 1.77 bits per heavy atom. The summed E-state index contributed by atoms with van der Waals surface area (Å²) >= 11 is 6.34. The van der Waals surface area contributed by atoms with E-state index in [0.29, 0.717) is 10.5 Å². The van der Waals surface area contributed by atoms with Crippen LogP contribution in [0.3, 0.4) is 0 Å². The van der Waals surface area contributed by atoms with E-state index in [4.69, 9.17) is 17.3 Å². The summed E-state index contributed by atoms with van der Waals surface area (Å²) in [6.45, 7) is 0. The van der Waals surface area contributed by atoms with E-state index in [-0.39, 0.29) is 21.5 Å². The van der Waals surface area contributed by atoms with Crippen LogP contribution < -0.4 is 4.90 Å². The van der Waals surface area contributed by atoms with Gasteiger partial charge in [0.05, 0.1) is 10.6 Å². The number of carboxylic acids is 1. The van der Waals surface area contributed by atoms with Gasteiger partial charge >= 0.3 is 5.97 Å². The summed E-state index contributed by atoms with van der Waals surface area (Å²) < 4.78 is 0.272. The smallest absolute Gasteiger partial charge is 0.339 e. The number of phenols is 1. The van der Waals surface area contributed by atoms with Crippen LogP contribution in [0.1, 0.15) is 26.3 Å². The highest BCUT2D eigenvalue weighted by atomic mass is 32.2. The van der Waals surface area contributed by atoms with Crippen LogP contribution in [0.25, 0.3) is 6.08 Å². The molecule has 0 atom stereocenters. The van der Waals surface area contributed by atoms with E-state index in [2.05, 4.69) is 0 Å². The fourth-order valence-electron chi connectivity index (χ4n) is 2.35. The van der Waals surface area contributed by atoms with Gasteiger partial charge in [0.2, 0.25) is 0 Å². The first-order valence-corrected chi connectivity index (χ1v) is 8.52. The molecule has 0 unspecified atom stereocenters. The number of nitrogens with zero attached hydrogens (tertiary/aromatic N) is 1. The van der Waals surface area contributed by atoms with Gasteiger partial charge in [-0.3, -0.25) is 14.5 Å². The van der Waals surface area contributed by atoms with E-state index in [1.165, 1.54) is 23.1 Å². The molecule has 2 aromatic rings. The van der Waals surface area contributed by atoms with Gasteiger partial charge < -0.3 is 10.2 Å². The van der Waals surface area contributed by atoms with Gasteiger partial charge in [0.1, 0.15) is 17.6 Å². The Labute approximate surface area is 157 Å². The molecule has 1 aliphatic rings. The first-order chi connectivity index (χ1) is 12.4. The third-order valence-electron chi connectivity index (χ3n) is 3.63. The Bertz CT molecular complexity index is 966. The molecule has 1 amide bonds. The van der Waals surface area contributed by atoms with Gasteiger partial charge in [0.15, 0.2) is 4.32 Å². The minimum Gasteiger partial charge on any atom is -0.507 e. The van der Waals surface area contributed by atoms with Crippen LogP contribution in [0.15, 0.2) is 47.4 Å². The summed E-state index contributed by atoms with van der Waals surface area (Å²) in [6.07, 6.45) is 2.38. The SMILES string of the molecule is O=Cc1ccc(/C=C2\SC(=S)N(c3ccc(C(=O)O)c(O)c3)C2=O)cc1. The Morgan fingerprint density at radius 1 is 1.12 bits per heavy atom. The van der Waals surface area contributed by atoms with Crippen LogP contribution in [-0.4, -0.2) is 32.7 Å². The Kier molecular flexibility index (Phi) is 4.88. The molecule has 0 aromatic heterocycles. The standard InChI is InChI=1S/C18H11NO5S2/c20-9-11-3-1-10(2-4-11)7-15-16(22)19(18(25)26-15)12-5-6-13(17(23)24)14(21)8-12/h1-9,21H,(H,23,24)/b15-7-. The molecule has 2 aromatic carbocycles. The number of carboxylic acid groups (broad SMARTS) is 1. The highest BCUT2D eigenvalue weighted by molar-refractivity contribution is 8.27. The molecule has 2 N–H and O–H groups in total. The predicted octanol–water partition coefficient (Wildman–Crippen LogP) is 3.31. The van der Waals surface area contributed by atoms with Crippen molar-refractivity contribution in [2.24, 2.45) is 0 Å². The third-order valence-corrected chi connectivity index (χ3v) is 4.94. The Hall–Kier alpha value is -2.97. The lowest BCUT2D eigenvalue weighted by Crippen LogP contribution is -2.27. The minimum atomic E-state index is -1.27. The predicted molar refractivity (Wildman–Crippen MR) is 103 cm³/mol.